The second-order valence-corrected chi connectivity index (χ2v) is 5.48. The number of carbonyl (C=O) groups excluding carboxylic acids is 1. The van der Waals surface area contributed by atoms with Crippen LogP contribution < -0.4 is 5.32 Å². The van der Waals surface area contributed by atoms with Crippen molar-refractivity contribution in [2.75, 3.05) is 13.6 Å². The minimum atomic E-state index is -0.262. The quantitative estimate of drug-likeness (QED) is 0.890. The lowest BCUT2D eigenvalue weighted by Crippen LogP contribution is -2.43. The van der Waals surface area contributed by atoms with Crippen molar-refractivity contribution in [1.29, 1.82) is 0 Å². The largest absolute Gasteiger partial charge is 0.340 e. The second kappa shape index (κ2) is 5.96. The van der Waals surface area contributed by atoms with Crippen LogP contribution in [-0.4, -0.2) is 29.9 Å². The van der Waals surface area contributed by atoms with Crippen molar-refractivity contribution < 1.29 is 9.18 Å². The number of amides is 1. The van der Waals surface area contributed by atoms with Crippen molar-refractivity contribution >= 4 is 5.91 Å². The van der Waals surface area contributed by atoms with Gasteiger partial charge in [-0.25, -0.2) is 4.39 Å². The summed E-state index contributed by atoms with van der Waals surface area (Å²) in [5.41, 5.74) is 0.842. The van der Waals surface area contributed by atoms with E-state index in [0.29, 0.717) is 13.1 Å². The van der Waals surface area contributed by atoms with Crippen LogP contribution in [0.5, 0.6) is 0 Å². The Morgan fingerprint density at radius 1 is 1.28 bits per heavy atom. The van der Waals surface area contributed by atoms with Crippen molar-refractivity contribution in [2.45, 2.75) is 32.9 Å². The molecular formula is C14H21FN2O. The highest BCUT2D eigenvalue weighted by atomic mass is 19.1. The van der Waals surface area contributed by atoms with Crippen molar-refractivity contribution in [1.82, 2.24) is 10.2 Å². The van der Waals surface area contributed by atoms with Gasteiger partial charge in [-0.1, -0.05) is 12.1 Å². The van der Waals surface area contributed by atoms with E-state index in [1.807, 2.05) is 20.8 Å². The highest BCUT2D eigenvalue weighted by Crippen LogP contribution is 2.06. The lowest BCUT2D eigenvalue weighted by atomic mass is 10.1. The van der Waals surface area contributed by atoms with E-state index >= 15 is 0 Å². The lowest BCUT2D eigenvalue weighted by Gasteiger charge is -2.23. The summed E-state index contributed by atoms with van der Waals surface area (Å²) in [7, 11) is 1.75. The smallest absolute Gasteiger partial charge is 0.236 e. The molecule has 0 bridgehead atoms. The summed E-state index contributed by atoms with van der Waals surface area (Å²) in [4.78, 5) is 13.5. The van der Waals surface area contributed by atoms with Crippen LogP contribution >= 0.6 is 0 Å². The molecule has 1 aromatic rings. The summed E-state index contributed by atoms with van der Waals surface area (Å²) in [5.74, 6) is -0.239. The van der Waals surface area contributed by atoms with E-state index in [2.05, 4.69) is 5.32 Å². The summed E-state index contributed by atoms with van der Waals surface area (Å²) in [6, 6.07) is 6.19. The Bertz CT molecular complexity index is 395. The number of nitrogens with one attached hydrogen (secondary N) is 1. The molecule has 0 aliphatic rings. The Labute approximate surface area is 108 Å². The second-order valence-electron chi connectivity index (χ2n) is 5.48. The van der Waals surface area contributed by atoms with Gasteiger partial charge in [0.25, 0.3) is 0 Å². The molecule has 1 N–H and O–H groups in total. The average molecular weight is 252 g/mol. The molecule has 1 amide bonds. The summed E-state index contributed by atoms with van der Waals surface area (Å²) in [5, 5.41) is 3.15. The first-order valence-corrected chi connectivity index (χ1v) is 6.01. The van der Waals surface area contributed by atoms with Gasteiger partial charge in [0.15, 0.2) is 0 Å². The van der Waals surface area contributed by atoms with E-state index in [1.54, 1.807) is 24.1 Å². The van der Waals surface area contributed by atoms with E-state index in [-0.39, 0.29) is 17.3 Å². The molecule has 0 aromatic heterocycles. The first-order chi connectivity index (χ1) is 8.28. The number of hydrogen-bond donors (Lipinski definition) is 1. The third-order valence-corrected chi connectivity index (χ3v) is 2.53. The number of rotatable bonds is 4. The van der Waals surface area contributed by atoms with Gasteiger partial charge in [0, 0.05) is 19.1 Å². The van der Waals surface area contributed by atoms with Crippen LogP contribution in [0.1, 0.15) is 26.3 Å². The van der Waals surface area contributed by atoms with Gasteiger partial charge in [-0.05, 0) is 38.5 Å². The van der Waals surface area contributed by atoms with E-state index in [0.717, 1.165) is 5.56 Å². The Kier molecular flexibility index (Phi) is 4.84. The van der Waals surface area contributed by atoms with Crippen LogP contribution in [-0.2, 0) is 11.3 Å². The number of nitrogens with zero attached hydrogens (tertiary/aromatic N) is 1. The third kappa shape index (κ3) is 5.27. The number of benzene rings is 1. The Morgan fingerprint density at radius 2 is 1.83 bits per heavy atom. The molecule has 0 aliphatic heterocycles. The van der Waals surface area contributed by atoms with Crippen LogP contribution in [0.25, 0.3) is 0 Å². The zero-order chi connectivity index (χ0) is 13.8. The maximum atomic E-state index is 12.7. The number of halogens is 1. The zero-order valence-corrected chi connectivity index (χ0v) is 11.5. The monoisotopic (exact) mass is 252 g/mol. The fourth-order valence-corrected chi connectivity index (χ4v) is 1.43. The number of carbonyl (C=O) groups is 1. The molecule has 100 valence electrons. The van der Waals surface area contributed by atoms with Crippen molar-refractivity contribution in [3.63, 3.8) is 0 Å². The highest BCUT2D eigenvalue weighted by Gasteiger charge is 2.14. The van der Waals surface area contributed by atoms with Gasteiger partial charge >= 0.3 is 0 Å². The van der Waals surface area contributed by atoms with E-state index in [4.69, 9.17) is 0 Å². The topological polar surface area (TPSA) is 32.3 Å². The van der Waals surface area contributed by atoms with Crippen LogP contribution in [0.2, 0.25) is 0 Å². The van der Waals surface area contributed by atoms with E-state index in [1.165, 1.54) is 12.1 Å². The number of likely N-dealkylation sites (N-methyl/N-ethyl adjacent to an activating group) is 1. The molecule has 0 radical (unpaired) electrons. The zero-order valence-electron chi connectivity index (χ0n) is 11.5. The molecule has 0 atom stereocenters. The molecule has 0 heterocycles. The van der Waals surface area contributed by atoms with Crippen LogP contribution in [0.3, 0.4) is 0 Å². The fraction of sp³-hybridized carbons (Fsp3) is 0.500. The highest BCUT2D eigenvalue weighted by molar-refractivity contribution is 5.78. The van der Waals surface area contributed by atoms with Gasteiger partial charge < -0.3 is 10.2 Å². The minimum Gasteiger partial charge on any atom is -0.340 e. The molecule has 18 heavy (non-hydrogen) atoms. The van der Waals surface area contributed by atoms with Crippen LogP contribution in [0.15, 0.2) is 24.3 Å². The van der Waals surface area contributed by atoms with Crippen LogP contribution in [0.4, 0.5) is 4.39 Å². The molecule has 0 saturated carbocycles. The van der Waals surface area contributed by atoms with Crippen molar-refractivity contribution in [2.24, 2.45) is 0 Å². The maximum absolute atomic E-state index is 12.7. The third-order valence-electron chi connectivity index (χ3n) is 2.53. The van der Waals surface area contributed by atoms with Gasteiger partial charge in [0.1, 0.15) is 5.82 Å². The first kappa shape index (κ1) is 14.6. The molecule has 1 rings (SSSR count). The Hall–Kier alpha value is -1.42. The Morgan fingerprint density at radius 3 is 2.33 bits per heavy atom. The van der Waals surface area contributed by atoms with E-state index in [9.17, 15) is 9.18 Å². The molecule has 4 heteroatoms. The maximum Gasteiger partial charge on any atom is 0.236 e. The van der Waals surface area contributed by atoms with E-state index < -0.39 is 0 Å². The molecule has 0 fully saturated rings. The molecule has 0 spiro atoms. The SMILES string of the molecule is CN(Cc1ccc(F)cc1)C(=O)CNC(C)(C)C. The molecule has 0 unspecified atom stereocenters. The number of hydrogen-bond acceptors (Lipinski definition) is 2. The van der Waals surface area contributed by atoms with Gasteiger partial charge in [0.05, 0.1) is 6.54 Å². The lowest BCUT2D eigenvalue weighted by molar-refractivity contribution is -0.129. The minimum absolute atomic E-state index is 0.0225. The van der Waals surface area contributed by atoms with Gasteiger partial charge in [0.2, 0.25) is 5.91 Å². The average Bonchev–Trinajstić information content (AvgIpc) is 2.28. The predicted octanol–water partition coefficient (Wildman–Crippen LogP) is 2.17. The molecule has 0 aliphatic carbocycles. The summed E-state index contributed by atoms with van der Waals surface area (Å²) >= 11 is 0. The molecular weight excluding hydrogens is 231 g/mol. The first-order valence-electron chi connectivity index (χ1n) is 6.01. The molecule has 1 aromatic carbocycles. The summed E-state index contributed by atoms with van der Waals surface area (Å²) in [6.07, 6.45) is 0. The summed E-state index contributed by atoms with van der Waals surface area (Å²) < 4.78 is 12.7. The van der Waals surface area contributed by atoms with Crippen molar-refractivity contribution in [3.05, 3.63) is 35.6 Å². The molecule has 0 saturated heterocycles. The van der Waals surface area contributed by atoms with Gasteiger partial charge in [-0.15, -0.1) is 0 Å². The van der Waals surface area contributed by atoms with Crippen molar-refractivity contribution in [3.8, 4) is 0 Å². The van der Waals surface area contributed by atoms with Gasteiger partial charge in [-0.3, -0.25) is 4.79 Å². The van der Waals surface area contributed by atoms with Gasteiger partial charge in [-0.2, -0.15) is 0 Å². The van der Waals surface area contributed by atoms with Crippen LogP contribution in [0, 0.1) is 5.82 Å². The normalized spacial score (nSPS) is 11.4. The summed E-state index contributed by atoms with van der Waals surface area (Å²) in [6.45, 7) is 6.84. The fourth-order valence-electron chi connectivity index (χ4n) is 1.43. The predicted molar refractivity (Wildman–Crippen MR) is 70.6 cm³/mol. The molecule has 3 nitrogen and oxygen atoms in total. The standard InChI is InChI=1S/C14H21FN2O/c1-14(2,3)16-9-13(18)17(4)10-11-5-7-12(15)8-6-11/h5-8,16H,9-10H2,1-4H3. The Balaban J connectivity index is 2.47.